The van der Waals surface area contributed by atoms with Crippen LogP contribution < -0.4 is 10.6 Å². The molecule has 106 valence electrons. The van der Waals surface area contributed by atoms with E-state index in [9.17, 15) is 0 Å². The van der Waals surface area contributed by atoms with Gasteiger partial charge in [0.2, 0.25) is 0 Å². The molecule has 4 atom stereocenters. The molecule has 0 bridgehead atoms. The number of hydrogen-bond acceptors (Lipinski definition) is 5. The van der Waals surface area contributed by atoms with Crippen molar-refractivity contribution in [3.05, 3.63) is 0 Å². The Bertz CT molecular complexity index is 348. The minimum absolute atomic E-state index is 0.204. The lowest BCUT2D eigenvalue weighted by Crippen LogP contribution is -2.57. The Morgan fingerprint density at radius 3 is 2.79 bits per heavy atom. The van der Waals surface area contributed by atoms with Gasteiger partial charge in [-0.05, 0) is 45.8 Å². The van der Waals surface area contributed by atoms with Crippen LogP contribution in [0.3, 0.4) is 0 Å². The van der Waals surface area contributed by atoms with Crippen LogP contribution in [-0.2, 0) is 4.74 Å². The number of nitrogens with zero attached hydrogens (tertiary/aromatic N) is 2. The molecule has 5 heteroatoms. The first-order valence-electron chi connectivity index (χ1n) is 7.50. The molecule has 0 saturated carbocycles. The van der Waals surface area contributed by atoms with Gasteiger partial charge in [0, 0.05) is 18.5 Å². The summed E-state index contributed by atoms with van der Waals surface area (Å²) in [6.07, 6.45) is 5.93. The highest BCUT2D eigenvalue weighted by atomic mass is 16.5. The molecule has 0 aromatic rings. The maximum absolute atomic E-state index is 8.94. The molecule has 0 aromatic heterocycles. The summed E-state index contributed by atoms with van der Waals surface area (Å²) in [7, 11) is 2.19. The zero-order valence-electron chi connectivity index (χ0n) is 11.6. The van der Waals surface area contributed by atoms with Crippen LogP contribution in [0.2, 0.25) is 0 Å². The molecule has 4 unspecified atom stereocenters. The molecule has 3 fully saturated rings. The average molecular weight is 264 g/mol. The summed E-state index contributed by atoms with van der Waals surface area (Å²) >= 11 is 0. The molecule has 5 nitrogen and oxygen atoms in total. The van der Waals surface area contributed by atoms with Crippen molar-refractivity contribution in [2.45, 2.75) is 62.6 Å². The van der Waals surface area contributed by atoms with Crippen molar-refractivity contribution in [1.29, 1.82) is 5.26 Å². The van der Waals surface area contributed by atoms with E-state index in [-0.39, 0.29) is 12.2 Å². The van der Waals surface area contributed by atoms with Crippen LogP contribution in [0.25, 0.3) is 0 Å². The lowest BCUT2D eigenvalue weighted by Gasteiger charge is -2.37. The van der Waals surface area contributed by atoms with E-state index >= 15 is 0 Å². The second kappa shape index (κ2) is 5.76. The molecule has 3 heterocycles. The third kappa shape index (κ3) is 3.09. The van der Waals surface area contributed by atoms with Gasteiger partial charge in [0.05, 0.1) is 18.3 Å². The Morgan fingerprint density at radius 1 is 1.26 bits per heavy atom. The summed E-state index contributed by atoms with van der Waals surface area (Å²) in [5, 5.41) is 16.3. The number of piperidine rings is 2. The van der Waals surface area contributed by atoms with Gasteiger partial charge in [0.25, 0.3) is 0 Å². The summed E-state index contributed by atoms with van der Waals surface area (Å²) in [5.41, 5.74) is 0. The summed E-state index contributed by atoms with van der Waals surface area (Å²) in [4.78, 5) is 2.39. The minimum atomic E-state index is -0.204. The first-order valence-corrected chi connectivity index (χ1v) is 7.50. The number of nitriles is 1. The van der Waals surface area contributed by atoms with Gasteiger partial charge < -0.3 is 9.64 Å². The van der Waals surface area contributed by atoms with E-state index in [1.807, 2.05) is 0 Å². The smallest absolute Gasteiger partial charge is 0.146 e. The van der Waals surface area contributed by atoms with Crippen LogP contribution in [0.5, 0.6) is 0 Å². The van der Waals surface area contributed by atoms with E-state index in [1.54, 1.807) is 0 Å². The van der Waals surface area contributed by atoms with E-state index < -0.39 is 0 Å². The van der Waals surface area contributed by atoms with Crippen LogP contribution in [0, 0.1) is 11.3 Å². The van der Waals surface area contributed by atoms with E-state index in [0.29, 0.717) is 18.2 Å². The number of hydrogen-bond donors (Lipinski definition) is 2. The molecule has 3 aliphatic heterocycles. The van der Waals surface area contributed by atoms with Gasteiger partial charge in [-0.3, -0.25) is 10.6 Å². The summed E-state index contributed by atoms with van der Waals surface area (Å²) in [6.45, 7) is 2.38. The quantitative estimate of drug-likeness (QED) is 0.757. The second-order valence-electron chi connectivity index (χ2n) is 6.18. The maximum Gasteiger partial charge on any atom is 0.146 e. The monoisotopic (exact) mass is 264 g/mol. The highest BCUT2D eigenvalue weighted by molar-refractivity contribution is 5.00. The standard InChI is InChI=1S/C14H24N4O/c1-18-6-4-10(5-7-18)16-14-3-2-13-12(17-14)8-11(9-15)19-13/h10-14,16-17H,2-8H2,1H3. The van der Waals surface area contributed by atoms with Crippen LogP contribution in [0.1, 0.15) is 32.1 Å². The van der Waals surface area contributed by atoms with E-state index in [4.69, 9.17) is 10.00 Å². The summed E-state index contributed by atoms with van der Waals surface area (Å²) in [6, 6.07) is 3.23. The molecule has 0 spiro atoms. The van der Waals surface area contributed by atoms with Crippen LogP contribution in [0.4, 0.5) is 0 Å². The fourth-order valence-electron chi connectivity index (χ4n) is 3.54. The van der Waals surface area contributed by atoms with Gasteiger partial charge >= 0.3 is 0 Å². The minimum Gasteiger partial charge on any atom is -0.358 e. The predicted octanol–water partition coefficient (Wildman–Crippen LogP) is 0.429. The van der Waals surface area contributed by atoms with Gasteiger partial charge in [-0.2, -0.15) is 5.26 Å². The average Bonchev–Trinajstić information content (AvgIpc) is 2.83. The van der Waals surface area contributed by atoms with Crippen molar-refractivity contribution in [3.63, 3.8) is 0 Å². The third-order valence-corrected chi connectivity index (χ3v) is 4.71. The second-order valence-corrected chi connectivity index (χ2v) is 6.18. The molecule has 0 aromatic carbocycles. The largest absolute Gasteiger partial charge is 0.358 e. The number of nitrogens with one attached hydrogen (secondary N) is 2. The molecule has 0 aliphatic carbocycles. The Morgan fingerprint density at radius 2 is 2.05 bits per heavy atom. The molecular formula is C14H24N4O. The topological polar surface area (TPSA) is 60.3 Å². The van der Waals surface area contributed by atoms with E-state index in [1.165, 1.54) is 25.9 Å². The lowest BCUT2D eigenvalue weighted by molar-refractivity contribution is 0.0384. The molecule has 0 amide bonds. The van der Waals surface area contributed by atoms with Crippen molar-refractivity contribution in [2.75, 3.05) is 20.1 Å². The van der Waals surface area contributed by atoms with Crippen molar-refractivity contribution < 1.29 is 4.74 Å². The predicted molar refractivity (Wildman–Crippen MR) is 72.5 cm³/mol. The Balaban J connectivity index is 1.47. The van der Waals surface area contributed by atoms with Gasteiger partial charge in [-0.15, -0.1) is 0 Å². The first kappa shape index (κ1) is 13.3. The third-order valence-electron chi connectivity index (χ3n) is 4.71. The molecule has 3 aliphatic rings. The van der Waals surface area contributed by atoms with Crippen molar-refractivity contribution >= 4 is 0 Å². The molecular weight excluding hydrogens is 240 g/mol. The molecule has 0 radical (unpaired) electrons. The van der Waals surface area contributed by atoms with Crippen molar-refractivity contribution in [3.8, 4) is 6.07 Å². The number of ether oxygens (including phenoxy) is 1. The summed E-state index contributed by atoms with van der Waals surface area (Å²) < 4.78 is 5.71. The number of likely N-dealkylation sites (tertiary alicyclic amines) is 1. The summed E-state index contributed by atoms with van der Waals surface area (Å²) in [5.74, 6) is 0. The van der Waals surface area contributed by atoms with E-state index in [0.717, 1.165) is 19.3 Å². The first-order chi connectivity index (χ1) is 9.24. The van der Waals surface area contributed by atoms with Gasteiger partial charge in [-0.25, -0.2) is 0 Å². The van der Waals surface area contributed by atoms with Gasteiger partial charge in [-0.1, -0.05) is 0 Å². The Hall–Kier alpha value is -0.670. The van der Waals surface area contributed by atoms with E-state index in [2.05, 4.69) is 28.7 Å². The normalized spacial score (nSPS) is 40.8. The highest BCUT2D eigenvalue weighted by Crippen LogP contribution is 2.28. The zero-order chi connectivity index (χ0) is 13.2. The Labute approximate surface area is 115 Å². The molecule has 3 saturated heterocycles. The van der Waals surface area contributed by atoms with Crippen LogP contribution in [-0.4, -0.2) is 55.5 Å². The van der Waals surface area contributed by atoms with Crippen molar-refractivity contribution in [2.24, 2.45) is 0 Å². The van der Waals surface area contributed by atoms with Gasteiger partial charge in [0.1, 0.15) is 6.10 Å². The van der Waals surface area contributed by atoms with Crippen molar-refractivity contribution in [1.82, 2.24) is 15.5 Å². The molecule has 19 heavy (non-hydrogen) atoms. The zero-order valence-corrected chi connectivity index (χ0v) is 11.6. The number of fused-ring (bicyclic) bond motifs is 1. The fraction of sp³-hybridized carbons (Fsp3) is 0.929. The maximum atomic E-state index is 8.94. The lowest BCUT2D eigenvalue weighted by atomic mass is 9.97. The van der Waals surface area contributed by atoms with Crippen LogP contribution >= 0.6 is 0 Å². The molecule has 3 rings (SSSR count). The molecule has 2 N–H and O–H groups in total. The SMILES string of the molecule is CN1CCC(NC2CCC3OC(C#N)CC3N2)CC1. The van der Waals surface area contributed by atoms with Crippen LogP contribution in [0.15, 0.2) is 0 Å². The van der Waals surface area contributed by atoms with Gasteiger partial charge in [0.15, 0.2) is 0 Å². The Kier molecular flexibility index (Phi) is 4.04. The fourth-order valence-corrected chi connectivity index (χ4v) is 3.54. The number of rotatable bonds is 2. The highest BCUT2D eigenvalue weighted by Gasteiger charge is 2.39.